The van der Waals surface area contributed by atoms with Gasteiger partial charge in [-0.15, -0.1) is 6.58 Å². The number of allylic oxidation sites excluding steroid dienone is 1. The molecule has 1 N–H and O–H groups in total. The summed E-state index contributed by atoms with van der Waals surface area (Å²) in [4.78, 5) is 12.5. The maximum atomic E-state index is 12.5. The van der Waals surface area contributed by atoms with Crippen molar-refractivity contribution in [3.05, 3.63) is 82.9 Å². The summed E-state index contributed by atoms with van der Waals surface area (Å²) in [5, 5.41) is 3.77. The molecule has 162 valence electrons. The minimum atomic E-state index is -0.337. The van der Waals surface area contributed by atoms with Crippen LogP contribution in [0.25, 0.3) is 0 Å². The predicted octanol–water partition coefficient (Wildman–Crippen LogP) is 6.52. The molecule has 0 spiro atoms. The van der Waals surface area contributed by atoms with Crippen molar-refractivity contribution in [1.29, 1.82) is 0 Å². The first kappa shape index (κ1) is 24.4. The van der Waals surface area contributed by atoms with Crippen LogP contribution in [-0.2, 0) is 20.5 Å². The molecule has 0 saturated carbocycles. The SMILES string of the molecule is C=CCC(CCN[C@](C)(CC)c1ccc(Br)cc1)(CC(=O)OCC)c1ccccc1. The van der Waals surface area contributed by atoms with Gasteiger partial charge in [0.2, 0.25) is 0 Å². The molecule has 0 amide bonds. The van der Waals surface area contributed by atoms with Gasteiger partial charge in [0.15, 0.2) is 0 Å². The molecule has 0 fully saturated rings. The number of halogens is 1. The fourth-order valence-electron chi connectivity index (χ4n) is 4.01. The zero-order valence-corrected chi connectivity index (χ0v) is 20.0. The van der Waals surface area contributed by atoms with Gasteiger partial charge in [-0.05, 0) is 62.9 Å². The highest BCUT2D eigenvalue weighted by molar-refractivity contribution is 9.10. The van der Waals surface area contributed by atoms with Crippen molar-refractivity contribution >= 4 is 21.9 Å². The molecular weight excluding hydrogens is 438 g/mol. The van der Waals surface area contributed by atoms with Crippen molar-refractivity contribution in [1.82, 2.24) is 5.32 Å². The Morgan fingerprint density at radius 3 is 2.33 bits per heavy atom. The van der Waals surface area contributed by atoms with E-state index in [2.05, 4.69) is 78.1 Å². The van der Waals surface area contributed by atoms with Crippen LogP contribution in [-0.4, -0.2) is 19.1 Å². The van der Waals surface area contributed by atoms with Crippen LogP contribution in [0.3, 0.4) is 0 Å². The Kier molecular flexibility index (Phi) is 9.32. The minimum Gasteiger partial charge on any atom is -0.466 e. The van der Waals surface area contributed by atoms with Gasteiger partial charge in [0.05, 0.1) is 13.0 Å². The summed E-state index contributed by atoms with van der Waals surface area (Å²) in [6.07, 6.45) is 4.76. The zero-order chi connectivity index (χ0) is 22.0. The number of nitrogens with one attached hydrogen (secondary N) is 1. The summed E-state index contributed by atoms with van der Waals surface area (Å²) in [6, 6.07) is 18.8. The van der Waals surface area contributed by atoms with Gasteiger partial charge in [0, 0.05) is 15.4 Å². The van der Waals surface area contributed by atoms with Gasteiger partial charge >= 0.3 is 5.97 Å². The van der Waals surface area contributed by atoms with E-state index in [0.717, 1.165) is 35.8 Å². The minimum absolute atomic E-state index is 0.138. The van der Waals surface area contributed by atoms with E-state index in [1.807, 2.05) is 31.2 Å². The first-order valence-corrected chi connectivity index (χ1v) is 11.5. The second-order valence-corrected chi connectivity index (χ2v) is 8.91. The van der Waals surface area contributed by atoms with Crippen LogP contribution in [0.15, 0.2) is 71.7 Å². The summed E-state index contributed by atoms with van der Waals surface area (Å²) in [5.74, 6) is -0.158. The van der Waals surface area contributed by atoms with Crippen LogP contribution in [0, 0.1) is 0 Å². The van der Waals surface area contributed by atoms with Gasteiger partial charge in [0.1, 0.15) is 0 Å². The molecule has 2 aromatic rings. The summed E-state index contributed by atoms with van der Waals surface area (Å²) in [6.45, 7) is 11.4. The van der Waals surface area contributed by atoms with Crippen LogP contribution in [0.2, 0.25) is 0 Å². The van der Waals surface area contributed by atoms with Crippen molar-refractivity contribution in [3.63, 3.8) is 0 Å². The molecule has 2 aromatic carbocycles. The third kappa shape index (κ3) is 6.29. The number of esters is 1. The summed E-state index contributed by atoms with van der Waals surface area (Å²) in [5.41, 5.74) is 1.94. The molecule has 0 aromatic heterocycles. The molecular formula is C26H34BrNO2. The van der Waals surface area contributed by atoms with Gasteiger partial charge < -0.3 is 10.1 Å². The Hall–Kier alpha value is -1.91. The van der Waals surface area contributed by atoms with Crippen molar-refractivity contribution < 1.29 is 9.53 Å². The summed E-state index contributed by atoms with van der Waals surface area (Å²) in [7, 11) is 0. The molecule has 3 nitrogen and oxygen atoms in total. The Balaban J connectivity index is 2.25. The molecule has 0 aliphatic rings. The number of rotatable bonds is 12. The van der Waals surface area contributed by atoms with Crippen LogP contribution >= 0.6 is 15.9 Å². The first-order chi connectivity index (χ1) is 14.4. The number of hydrogen-bond acceptors (Lipinski definition) is 3. The van der Waals surface area contributed by atoms with E-state index in [4.69, 9.17) is 4.74 Å². The van der Waals surface area contributed by atoms with Crippen molar-refractivity contribution in [3.8, 4) is 0 Å². The van der Waals surface area contributed by atoms with Gasteiger partial charge in [0.25, 0.3) is 0 Å². The fraction of sp³-hybridized carbons (Fsp3) is 0.423. The van der Waals surface area contributed by atoms with E-state index in [1.54, 1.807) is 0 Å². The van der Waals surface area contributed by atoms with Crippen LogP contribution in [0.5, 0.6) is 0 Å². The highest BCUT2D eigenvalue weighted by Gasteiger charge is 2.35. The quantitative estimate of drug-likeness (QED) is 0.282. The van der Waals surface area contributed by atoms with Gasteiger partial charge in [-0.25, -0.2) is 0 Å². The van der Waals surface area contributed by atoms with Gasteiger partial charge in [-0.2, -0.15) is 0 Å². The molecule has 1 unspecified atom stereocenters. The molecule has 30 heavy (non-hydrogen) atoms. The number of ether oxygens (including phenoxy) is 1. The number of benzene rings is 2. The fourth-order valence-corrected chi connectivity index (χ4v) is 4.27. The predicted molar refractivity (Wildman–Crippen MR) is 129 cm³/mol. The van der Waals surface area contributed by atoms with E-state index >= 15 is 0 Å². The maximum absolute atomic E-state index is 12.5. The second-order valence-electron chi connectivity index (χ2n) is 7.99. The molecule has 0 radical (unpaired) electrons. The van der Waals surface area contributed by atoms with Crippen molar-refractivity contribution in [2.75, 3.05) is 13.2 Å². The second kappa shape index (κ2) is 11.5. The average molecular weight is 472 g/mol. The van der Waals surface area contributed by atoms with E-state index in [1.165, 1.54) is 5.56 Å². The maximum Gasteiger partial charge on any atom is 0.306 e. The smallest absolute Gasteiger partial charge is 0.306 e. The lowest BCUT2D eigenvalue weighted by atomic mass is 9.72. The average Bonchev–Trinajstić information content (AvgIpc) is 2.75. The standard InChI is InChI=1S/C26H34BrNO2/c1-5-17-26(20-24(29)30-7-3,22-11-9-8-10-12-22)18-19-28-25(4,6-2)21-13-15-23(27)16-14-21/h5,8-16,28H,1,6-7,17-20H2,2-4H3/t25-,26?/m1/s1. The lowest BCUT2D eigenvalue weighted by molar-refractivity contribution is -0.144. The summed E-state index contributed by atoms with van der Waals surface area (Å²) >= 11 is 3.52. The van der Waals surface area contributed by atoms with Gasteiger partial charge in [-0.1, -0.05) is 71.4 Å². The third-order valence-corrected chi connectivity index (χ3v) is 6.55. The van der Waals surface area contributed by atoms with E-state index < -0.39 is 0 Å². The first-order valence-electron chi connectivity index (χ1n) is 10.7. The Morgan fingerprint density at radius 1 is 1.10 bits per heavy atom. The van der Waals surface area contributed by atoms with Crippen LogP contribution in [0.1, 0.15) is 57.6 Å². The zero-order valence-electron chi connectivity index (χ0n) is 18.4. The molecule has 0 bridgehead atoms. The Labute approximate surface area is 190 Å². The summed E-state index contributed by atoms with van der Waals surface area (Å²) < 4.78 is 6.39. The monoisotopic (exact) mass is 471 g/mol. The largest absolute Gasteiger partial charge is 0.466 e. The number of carbonyl (C=O) groups excluding carboxylic acids is 1. The highest BCUT2D eigenvalue weighted by atomic mass is 79.9. The third-order valence-electron chi connectivity index (χ3n) is 6.02. The molecule has 0 aliphatic heterocycles. The molecule has 2 rings (SSSR count). The number of carbonyl (C=O) groups is 1. The highest BCUT2D eigenvalue weighted by Crippen LogP contribution is 2.37. The van der Waals surface area contributed by atoms with Crippen LogP contribution < -0.4 is 5.32 Å². The van der Waals surface area contributed by atoms with Crippen molar-refractivity contribution in [2.45, 2.75) is 57.4 Å². The lowest BCUT2D eigenvalue weighted by Gasteiger charge is -2.36. The topological polar surface area (TPSA) is 38.3 Å². The van der Waals surface area contributed by atoms with Crippen molar-refractivity contribution in [2.24, 2.45) is 0 Å². The number of hydrogen-bond donors (Lipinski definition) is 1. The molecule has 0 heterocycles. The molecule has 0 saturated heterocycles. The van der Waals surface area contributed by atoms with E-state index in [0.29, 0.717) is 13.0 Å². The molecule has 4 heteroatoms. The molecule has 2 atom stereocenters. The normalized spacial score (nSPS) is 15.1. The van der Waals surface area contributed by atoms with Crippen LogP contribution in [0.4, 0.5) is 0 Å². The van der Waals surface area contributed by atoms with E-state index in [9.17, 15) is 4.79 Å². The lowest BCUT2D eigenvalue weighted by Crippen LogP contribution is -2.42. The van der Waals surface area contributed by atoms with Gasteiger partial charge in [-0.3, -0.25) is 4.79 Å². The van der Waals surface area contributed by atoms with E-state index in [-0.39, 0.29) is 16.9 Å². The Bertz CT molecular complexity index is 806. The molecule has 0 aliphatic carbocycles. The Morgan fingerprint density at radius 2 is 1.77 bits per heavy atom.